The van der Waals surface area contributed by atoms with Gasteiger partial charge in [0, 0.05) is 12.5 Å². The van der Waals surface area contributed by atoms with E-state index >= 15 is 0 Å². The second kappa shape index (κ2) is 6.48. The summed E-state index contributed by atoms with van der Waals surface area (Å²) in [6.07, 6.45) is 3.20. The number of esters is 1. The van der Waals surface area contributed by atoms with E-state index in [1.54, 1.807) is 36.4 Å². The molecule has 0 heterocycles. The molecule has 2 aromatic rings. The lowest BCUT2D eigenvalue weighted by atomic mass is 10.1. The maximum atomic E-state index is 11.9. The van der Waals surface area contributed by atoms with E-state index in [4.69, 9.17) is 4.74 Å². The van der Waals surface area contributed by atoms with Crippen LogP contribution in [0.25, 0.3) is 6.08 Å². The van der Waals surface area contributed by atoms with Gasteiger partial charge in [-0.25, -0.2) is 0 Å². The Bertz CT molecular complexity index is 642. The van der Waals surface area contributed by atoms with E-state index in [9.17, 15) is 9.59 Å². The first kappa shape index (κ1) is 13.7. The molecule has 0 aliphatic carbocycles. The third-order valence-electron chi connectivity index (χ3n) is 2.61. The highest BCUT2D eigenvalue weighted by molar-refractivity contribution is 6.06. The number of carbonyl (C=O) groups excluding carboxylic acids is 2. The molecular weight excluding hydrogens is 252 g/mol. The third-order valence-corrected chi connectivity index (χ3v) is 2.61. The predicted molar refractivity (Wildman–Crippen MR) is 77.6 cm³/mol. The highest BCUT2D eigenvalue weighted by atomic mass is 16.5. The molecule has 0 spiro atoms. The molecule has 0 fully saturated rings. The number of allylic oxidation sites excluding steroid dienone is 1. The van der Waals surface area contributed by atoms with Gasteiger partial charge >= 0.3 is 5.97 Å². The minimum Gasteiger partial charge on any atom is -0.427 e. The van der Waals surface area contributed by atoms with Crippen LogP contribution in [0.4, 0.5) is 0 Å². The Kier molecular flexibility index (Phi) is 4.45. The molecule has 20 heavy (non-hydrogen) atoms. The van der Waals surface area contributed by atoms with Crippen LogP contribution in [-0.4, -0.2) is 11.8 Å². The molecule has 2 aromatic carbocycles. The van der Waals surface area contributed by atoms with Gasteiger partial charge in [-0.2, -0.15) is 0 Å². The monoisotopic (exact) mass is 266 g/mol. The Morgan fingerprint density at radius 1 is 1.00 bits per heavy atom. The number of ketones is 1. The minimum absolute atomic E-state index is 0.0662. The fraction of sp³-hybridized carbons (Fsp3) is 0.0588. The molecule has 3 heteroatoms. The zero-order valence-electron chi connectivity index (χ0n) is 11.1. The van der Waals surface area contributed by atoms with Gasteiger partial charge in [0.05, 0.1) is 0 Å². The van der Waals surface area contributed by atoms with E-state index < -0.39 is 0 Å². The topological polar surface area (TPSA) is 43.4 Å². The Morgan fingerprint density at radius 2 is 1.75 bits per heavy atom. The standard InChI is InChI=1S/C17H14O3/c1-13(18)20-16-9-5-6-14(12-16)10-11-17(19)15-7-3-2-4-8-15/h2-12H,1H3/b11-10+. The summed E-state index contributed by atoms with van der Waals surface area (Å²) in [7, 11) is 0. The quantitative estimate of drug-likeness (QED) is 0.368. The molecule has 100 valence electrons. The van der Waals surface area contributed by atoms with Crippen LogP contribution in [0.15, 0.2) is 60.7 Å². The van der Waals surface area contributed by atoms with Crippen LogP contribution < -0.4 is 4.74 Å². The molecule has 2 rings (SSSR count). The van der Waals surface area contributed by atoms with Gasteiger partial charge in [-0.15, -0.1) is 0 Å². The summed E-state index contributed by atoms with van der Waals surface area (Å²) in [6.45, 7) is 1.35. The maximum absolute atomic E-state index is 11.9. The van der Waals surface area contributed by atoms with Gasteiger partial charge in [0.15, 0.2) is 5.78 Å². The molecule has 0 aliphatic heterocycles. The van der Waals surface area contributed by atoms with Gasteiger partial charge in [-0.3, -0.25) is 9.59 Å². The lowest BCUT2D eigenvalue weighted by Crippen LogP contribution is -2.01. The first-order valence-electron chi connectivity index (χ1n) is 6.21. The lowest BCUT2D eigenvalue weighted by Gasteiger charge is -2.01. The lowest BCUT2D eigenvalue weighted by molar-refractivity contribution is -0.131. The first-order chi connectivity index (χ1) is 9.65. The molecule has 0 unspecified atom stereocenters. The molecule has 0 bridgehead atoms. The average Bonchev–Trinajstić information content (AvgIpc) is 2.45. The number of hydrogen-bond donors (Lipinski definition) is 0. The van der Waals surface area contributed by atoms with Gasteiger partial charge in [0.2, 0.25) is 0 Å². The number of hydrogen-bond acceptors (Lipinski definition) is 3. The fourth-order valence-electron chi connectivity index (χ4n) is 1.72. The molecule has 0 amide bonds. The van der Waals surface area contributed by atoms with E-state index in [0.29, 0.717) is 11.3 Å². The van der Waals surface area contributed by atoms with Crippen molar-refractivity contribution in [1.82, 2.24) is 0 Å². The van der Waals surface area contributed by atoms with Crippen LogP contribution >= 0.6 is 0 Å². The SMILES string of the molecule is CC(=O)Oc1cccc(/C=C/C(=O)c2ccccc2)c1. The van der Waals surface area contributed by atoms with Crippen molar-refractivity contribution in [2.24, 2.45) is 0 Å². The fourth-order valence-corrected chi connectivity index (χ4v) is 1.72. The summed E-state index contributed by atoms with van der Waals surface area (Å²) in [5.74, 6) is 0.0294. The highest BCUT2D eigenvalue weighted by Gasteiger charge is 2.01. The molecule has 3 nitrogen and oxygen atoms in total. The zero-order valence-corrected chi connectivity index (χ0v) is 11.1. The van der Waals surface area contributed by atoms with Crippen LogP contribution in [0.3, 0.4) is 0 Å². The minimum atomic E-state index is -0.369. The second-order valence-corrected chi connectivity index (χ2v) is 4.23. The number of rotatable bonds is 4. The van der Waals surface area contributed by atoms with Crippen LogP contribution in [0.2, 0.25) is 0 Å². The molecule has 0 radical (unpaired) electrons. The van der Waals surface area contributed by atoms with Crippen molar-refractivity contribution in [3.8, 4) is 5.75 Å². The van der Waals surface area contributed by atoms with Crippen molar-refractivity contribution in [3.63, 3.8) is 0 Å². The van der Waals surface area contributed by atoms with Crippen LogP contribution in [0.5, 0.6) is 5.75 Å². The maximum Gasteiger partial charge on any atom is 0.308 e. The molecule has 0 saturated heterocycles. The molecule has 0 atom stereocenters. The predicted octanol–water partition coefficient (Wildman–Crippen LogP) is 3.51. The molecule has 0 saturated carbocycles. The largest absolute Gasteiger partial charge is 0.427 e. The summed E-state index contributed by atoms with van der Waals surface area (Å²) in [6, 6.07) is 16.0. The normalized spacial score (nSPS) is 10.4. The second-order valence-electron chi connectivity index (χ2n) is 4.23. The summed E-state index contributed by atoms with van der Waals surface area (Å²) in [5, 5.41) is 0. The number of benzene rings is 2. The van der Waals surface area contributed by atoms with Gasteiger partial charge < -0.3 is 4.74 Å². The van der Waals surface area contributed by atoms with Crippen molar-refractivity contribution < 1.29 is 14.3 Å². The van der Waals surface area contributed by atoms with Crippen molar-refractivity contribution in [1.29, 1.82) is 0 Å². The summed E-state index contributed by atoms with van der Waals surface area (Å²) in [5.41, 5.74) is 1.44. The number of ether oxygens (including phenoxy) is 1. The van der Waals surface area contributed by atoms with Crippen LogP contribution in [0.1, 0.15) is 22.8 Å². The van der Waals surface area contributed by atoms with Crippen LogP contribution in [-0.2, 0) is 4.79 Å². The van der Waals surface area contributed by atoms with Crippen LogP contribution in [0, 0.1) is 0 Å². The van der Waals surface area contributed by atoms with E-state index in [1.165, 1.54) is 13.0 Å². The van der Waals surface area contributed by atoms with Crippen molar-refractivity contribution in [2.75, 3.05) is 0 Å². The van der Waals surface area contributed by atoms with E-state index in [2.05, 4.69) is 0 Å². The van der Waals surface area contributed by atoms with E-state index in [1.807, 2.05) is 24.3 Å². The summed E-state index contributed by atoms with van der Waals surface area (Å²) < 4.78 is 4.99. The smallest absolute Gasteiger partial charge is 0.308 e. The average molecular weight is 266 g/mol. The van der Waals surface area contributed by atoms with Gasteiger partial charge in [-0.1, -0.05) is 48.5 Å². The Balaban J connectivity index is 2.11. The first-order valence-corrected chi connectivity index (χ1v) is 6.21. The summed E-state index contributed by atoms with van der Waals surface area (Å²) >= 11 is 0. The van der Waals surface area contributed by atoms with Crippen molar-refractivity contribution in [3.05, 3.63) is 71.8 Å². The molecule has 0 aromatic heterocycles. The third kappa shape index (κ3) is 3.92. The van der Waals surface area contributed by atoms with Gasteiger partial charge in [0.25, 0.3) is 0 Å². The molecular formula is C17H14O3. The van der Waals surface area contributed by atoms with E-state index in [-0.39, 0.29) is 11.8 Å². The summed E-state index contributed by atoms with van der Waals surface area (Å²) in [4.78, 5) is 22.8. The van der Waals surface area contributed by atoms with Crippen molar-refractivity contribution >= 4 is 17.8 Å². The van der Waals surface area contributed by atoms with Gasteiger partial charge in [0.1, 0.15) is 5.75 Å². The zero-order chi connectivity index (χ0) is 14.4. The Labute approximate surface area is 117 Å². The Hall–Kier alpha value is -2.68. The molecule has 0 N–H and O–H groups in total. The van der Waals surface area contributed by atoms with Crippen molar-refractivity contribution in [2.45, 2.75) is 6.92 Å². The highest BCUT2D eigenvalue weighted by Crippen LogP contribution is 2.15. The molecule has 0 aliphatic rings. The van der Waals surface area contributed by atoms with Gasteiger partial charge in [-0.05, 0) is 23.8 Å². The number of carbonyl (C=O) groups is 2. The van der Waals surface area contributed by atoms with E-state index in [0.717, 1.165) is 5.56 Å². The Morgan fingerprint density at radius 3 is 2.45 bits per heavy atom.